The van der Waals surface area contributed by atoms with Gasteiger partial charge in [-0.15, -0.1) is 0 Å². The number of aromatic nitrogens is 1. The summed E-state index contributed by atoms with van der Waals surface area (Å²) in [4.78, 5) is 8.85. The number of pyridine rings is 1. The molecule has 5 nitrogen and oxygen atoms in total. The number of hydrogen-bond donors (Lipinski definition) is 2. The molecule has 0 saturated carbocycles. The molecule has 116 valence electrons. The molecule has 0 amide bonds. The first kappa shape index (κ1) is 14.8. The van der Waals surface area contributed by atoms with Gasteiger partial charge in [0.25, 0.3) is 0 Å². The lowest BCUT2D eigenvalue weighted by atomic mass is 9.98. The third-order valence-corrected chi connectivity index (χ3v) is 4.80. The molecule has 2 fully saturated rings. The normalized spacial score (nSPS) is 30.8. The monoisotopic (exact) mass is 291 g/mol. The minimum absolute atomic E-state index is 0.200. The van der Waals surface area contributed by atoms with Crippen molar-refractivity contribution in [1.29, 1.82) is 0 Å². The zero-order valence-electron chi connectivity index (χ0n) is 12.4. The molecule has 3 rings (SSSR count). The molecule has 5 heteroatoms. The molecule has 2 aliphatic rings. The molecule has 3 atom stereocenters. The summed E-state index contributed by atoms with van der Waals surface area (Å²) < 4.78 is 0. The summed E-state index contributed by atoms with van der Waals surface area (Å²) in [5.74, 6) is 0.601. The Morgan fingerprint density at radius 1 is 1.24 bits per heavy atom. The molecule has 0 aliphatic carbocycles. The van der Waals surface area contributed by atoms with Gasteiger partial charge in [-0.3, -0.25) is 9.88 Å². The number of likely N-dealkylation sites (tertiary alicyclic amines) is 1. The van der Waals surface area contributed by atoms with E-state index in [2.05, 4.69) is 20.9 Å². The van der Waals surface area contributed by atoms with E-state index in [9.17, 15) is 10.2 Å². The van der Waals surface area contributed by atoms with Crippen molar-refractivity contribution in [3.05, 3.63) is 24.5 Å². The fourth-order valence-electron chi connectivity index (χ4n) is 3.60. The smallest absolute Gasteiger partial charge is 0.0667 e. The Morgan fingerprint density at radius 3 is 2.90 bits per heavy atom. The molecular weight excluding hydrogens is 266 g/mol. The van der Waals surface area contributed by atoms with E-state index in [1.165, 1.54) is 12.1 Å². The molecule has 2 aliphatic heterocycles. The number of piperidine rings is 1. The Kier molecular flexibility index (Phi) is 4.73. The maximum Gasteiger partial charge on any atom is 0.0667 e. The number of rotatable bonds is 4. The highest BCUT2D eigenvalue weighted by Crippen LogP contribution is 2.26. The van der Waals surface area contributed by atoms with E-state index in [-0.39, 0.29) is 18.8 Å². The van der Waals surface area contributed by atoms with Crippen LogP contribution < -0.4 is 4.90 Å². The van der Waals surface area contributed by atoms with Crippen LogP contribution in [0.3, 0.4) is 0 Å². The third-order valence-electron chi connectivity index (χ3n) is 4.80. The van der Waals surface area contributed by atoms with Gasteiger partial charge in [0.2, 0.25) is 0 Å². The van der Waals surface area contributed by atoms with Crippen molar-refractivity contribution in [3.8, 4) is 0 Å². The second kappa shape index (κ2) is 6.73. The maximum absolute atomic E-state index is 9.85. The zero-order valence-corrected chi connectivity index (χ0v) is 12.4. The lowest BCUT2D eigenvalue weighted by Gasteiger charge is -2.38. The van der Waals surface area contributed by atoms with Gasteiger partial charge < -0.3 is 15.1 Å². The van der Waals surface area contributed by atoms with Crippen LogP contribution in [-0.4, -0.2) is 65.0 Å². The number of β-amino-alcohol motifs (C(OH)–C–C–N with tert-alkyl or cyclic N) is 1. The van der Waals surface area contributed by atoms with Crippen molar-refractivity contribution in [2.75, 3.05) is 37.7 Å². The fourth-order valence-corrected chi connectivity index (χ4v) is 3.60. The molecule has 0 radical (unpaired) electrons. The zero-order chi connectivity index (χ0) is 14.7. The van der Waals surface area contributed by atoms with Gasteiger partial charge in [-0.25, -0.2) is 0 Å². The van der Waals surface area contributed by atoms with Gasteiger partial charge in [-0.2, -0.15) is 0 Å². The fraction of sp³-hybridized carbons (Fsp3) is 0.688. The number of nitrogens with zero attached hydrogens (tertiary/aromatic N) is 3. The standard InChI is InChI=1S/C16H25N3O2/c20-12-15-3-4-16(21)11-19(15)10-13-5-7-18(9-13)14-2-1-6-17-8-14/h1-2,6,8,13,15-16,20-21H,3-5,7,9-12H2/t13-,15+,16+/m0/s1. The Hall–Kier alpha value is -1.17. The van der Waals surface area contributed by atoms with Crippen LogP contribution in [0.1, 0.15) is 19.3 Å². The summed E-state index contributed by atoms with van der Waals surface area (Å²) in [6.45, 7) is 3.98. The van der Waals surface area contributed by atoms with Gasteiger partial charge in [-0.05, 0) is 37.3 Å². The molecule has 0 aromatic carbocycles. The van der Waals surface area contributed by atoms with Crippen LogP contribution in [-0.2, 0) is 0 Å². The summed E-state index contributed by atoms with van der Waals surface area (Å²) >= 11 is 0. The first-order chi connectivity index (χ1) is 10.3. The van der Waals surface area contributed by atoms with Crippen LogP contribution in [0.4, 0.5) is 5.69 Å². The van der Waals surface area contributed by atoms with Crippen LogP contribution in [0.25, 0.3) is 0 Å². The minimum atomic E-state index is -0.233. The summed E-state index contributed by atoms with van der Waals surface area (Å²) in [6, 6.07) is 4.31. The van der Waals surface area contributed by atoms with Crippen molar-refractivity contribution in [1.82, 2.24) is 9.88 Å². The molecule has 2 saturated heterocycles. The lowest BCUT2D eigenvalue weighted by Crippen LogP contribution is -2.49. The van der Waals surface area contributed by atoms with E-state index >= 15 is 0 Å². The molecule has 0 bridgehead atoms. The van der Waals surface area contributed by atoms with E-state index in [1.807, 2.05) is 12.3 Å². The minimum Gasteiger partial charge on any atom is -0.395 e. The van der Waals surface area contributed by atoms with E-state index in [1.54, 1.807) is 6.20 Å². The largest absolute Gasteiger partial charge is 0.395 e. The van der Waals surface area contributed by atoms with Gasteiger partial charge in [0.05, 0.1) is 24.6 Å². The van der Waals surface area contributed by atoms with Crippen LogP contribution >= 0.6 is 0 Å². The first-order valence-corrected chi connectivity index (χ1v) is 7.94. The van der Waals surface area contributed by atoms with E-state index < -0.39 is 0 Å². The molecule has 1 aromatic heterocycles. The third kappa shape index (κ3) is 3.54. The second-order valence-corrected chi connectivity index (χ2v) is 6.33. The van der Waals surface area contributed by atoms with E-state index in [0.717, 1.165) is 32.5 Å². The van der Waals surface area contributed by atoms with Crippen molar-refractivity contribution in [3.63, 3.8) is 0 Å². The lowest BCUT2D eigenvalue weighted by molar-refractivity contribution is 0.00726. The van der Waals surface area contributed by atoms with Crippen LogP contribution in [0.5, 0.6) is 0 Å². The average Bonchev–Trinajstić information content (AvgIpc) is 2.97. The molecule has 21 heavy (non-hydrogen) atoms. The van der Waals surface area contributed by atoms with E-state index in [4.69, 9.17) is 0 Å². The molecule has 2 N–H and O–H groups in total. The number of anilines is 1. The van der Waals surface area contributed by atoms with Crippen LogP contribution in [0.2, 0.25) is 0 Å². The van der Waals surface area contributed by atoms with Gasteiger partial charge in [0.15, 0.2) is 0 Å². The summed E-state index contributed by atoms with van der Waals surface area (Å²) in [6.07, 6.45) is 6.37. The highest BCUT2D eigenvalue weighted by molar-refractivity contribution is 5.44. The summed E-state index contributed by atoms with van der Waals surface area (Å²) in [5.41, 5.74) is 1.19. The predicted octanol–water partition coefficient (Wildman–Crippen LogP) is 0.725. The van der Waals surface area contributed by atoms with Crippen molar-refractivity contribution in [2.24, 2.45) is 5.92 Å². The van der Waals surface area contributed by atoms with Crippen LogP contribution in [0.15, 0.2) is 24.5 Å². The van der Waals surface area contributed by atoms with Gasteiger partial charge >= 0.3 is 0 Å². The molecule has 1 aromatic rings. The van der Waals surface area contributed by atoms with Crippen LogP contribution in [0, 0.1) is 5.92 Å². The molecule has 3 heterocycles. The number of aliphatic hydroxyl groups excluding tert-OH is 2. The molecule has 0 spiro atoms. The molecule has 0 unspecified atom stereocenters. The number of hydrogen-bond acceptors (Lipinski definition) is 5. The van der Waals surface area contributed by atoms with Gasteiger partial charge in [0, 0.05) is 38.4 Å². The Balaban J connectivity index is 1.56. The number of aliphatic hydroxyl groups is 2. The summed E-state index contributed by atoms with van der Waals surface area (Å²) in [5, 5.41) is 19.4. The molecular formula is C16H25N3O2. The van der Waals surface area contributed by atoms with Crippen molar-refractivity contribution >= 4 is 5.69 Å². The average molecular weight is 291 g/mol. The SMILES string of the molecule is OC[C@H]1CC[C@@H](O)CN1C[C@H]1CCN(c2cccnc2)C1. The van der Waals surface area contributed by atoms with Gasteiger partial charge in [-0.1, -0.05) is 0 Å². The topological polar surface area (TPSA) is 59.8 Å². The highest BCUT2D eigenvalue weighted by Gasteiger charge is 2.31. The summed E-state index contributed by atoms with van der Waals surface area (Å²) in [7, 11) is 0. The Bertz CT molecular complexity index is 442. The predicted molar refractivity (Wildman–Crippen MR) is 82.2 cm³/mol. The Labute approximate surface area is 126 Å². The van der Waals surface area contributed by atoms with Crippen molar-refractivity contribution < 1.29 is 10.2 Å². The van der Waals surface area contributed by atoms with Crippen molar-refractivity contribution in [2.45, 2.75) is 31.4 Å². The Morgan fingerprint density at radius 2 is 2.14 bits per heavy atom. The quantitative estimate of drug-likeness (QED) is 0.856. The van der Waals surface area contributed by atoms with E-state index in [0.29, 0.717) is 12.5 Å². The first-order valence-electron chi connectivity index (χ1n) is 7.94. The van der Waals surface area contributed by atoms with Gasteiger partial charge in [0.1, 0.15) is 0 Å². The second-order valence-electron chi connectivity index (χ2n) is 6.33. The highest BCUT2D eigenvalue weighted by atomic mass is 16.3. The maximum atomic E-state index is 9.85.